The van der Waals surface area contributed by atoms with Crippen molar-refractivity contribution < 1.29 is 36.7 Å². The molecule has 9 nitrogen and oxygen atoms in total. The molecule has 262 valence electrons. The molecule has 10 heteroatoms. The lowest BCUT2D eigenvalue weighted by atomic mass is 9.95. The summed E-state index contributed by atoms with van der Waals surface area (Å²) in [5.41, 5.74) is 3.07. The highest BCUT2D eigenvalue weighted by molar-refractivity contribution is 7.31. The fourth-order valence-corrected chi connectivity index (χ4v) is 8.45. The first-order valence-corrected chi connectivity index (χ1v) is 18.5. The molecule has 0 radical (unpaired) electrons. The summed E-state index contributed by atoms with van der Waals surface area (Å²) in [6, 6.07) is 43.2. The van der Waals surface area contributed by atoms with Crippen LogP contribution in [0.1, 0.15) is 24.3 Å². The molecule has 0 bridgehead atoms. The molecule has 2 saturated heterocycles. The molecule has 3 heterocycles. The Morgan fingerprint density at radius 3 is 1.96 bits per heavy atom. The molecular weight excluding hydrogens is 677 g/mol. The van der Waals surface area contributed by atoms with E-state index in [1.54, 1.807) is 0 Å². The van der Waals surface area contributed by atoms with E-state index in [1.165, 1.54) is 6.92 Å². The van der Waals surface area contributed by atoms with Crippen molar-refractivity contribution in [2.45, 2.75) is 50.5 Å². The summed E-state index contributed by atoms with van der Waals surface area (Å²) in [7, 11) is -2.11. The molecule has 52 heavy (non-hydrogen) atoms. The monoisotopic (exact) mass is 713 g/mol. The van der Waals surface area contributed by atoms with Crippen LogP contribution in [0.2, 0.25) is 0 Å². The lowest BCUT2D eigenvalue weighted by Crippen LogP contribution is -2.68. The molecular formula is C42H36NO8P. The topological polar surface area (TPSA) is 102 Å². The van der Waals surface area contributed by atoms with Crippen molar-refractivity contribution in [1.29, 1.82) is 0 Å². The Morgan fingerprint density at radius 1 is 0.731 bits per heavy atom. The Bertz CT molecular complexity index is 2320. The van der Waals surface area contributed by atoms with Gasteiger partial charge in [-0.3, -0.25) is 9.32 Å². The van der Waals surface area contributed by atoms with E-state index in [9.17, 15) is 4.79 Å². The van der Waals surface area contributed by atoms with Crippen molar-refractivity contribution >= 4 is 57.6 Å². The molecule has 0 spiro atoms. The van der Waals surface area contributed by atoms with Crippen LogP contribution in [0.3, 0.4) is 0 Å². The molecule has 1 amide bonds. The van der Waals surface area contributed by atoms with Crippen LogP contribution in [0.5, 0.6) is 0 Å². The SMILES string of the molecule is CC(=O)N[C@H]1[C@@H](OCc2ccccc2)O[C@@H]2COC(c3ccccc3)O[C@H]2[C@@H]1Op1oc2ccc3ccccc3c2c2c(ccc3ccccc32)o1. The van der Waals surface area contributed by atoms with Crippen LogP contribution in [0.4, 0.5) is 0 Å². The van der Waals surface area contributed by atoms with Crippen molar-refractivity contribution in [2.75, 3.05) is 6.61 Å². The number of benzene rings is 6. The van der Waals surface area contributed by atoms with E-state index in [1.807, 2.05) is 109 Å². The van der Waals surface area contributed by atoms with Gasteiger partial charge >= 0.3 is 8.24 Å². The molecule has 6 aromatic carbocycles. The van der Waals surface area contributed by atoms with Crippen molar-refractivity contribution in [2.24, 2.45) is 0 Å². The van der Waals surface area contributed by atoms with Gasteiger partial charge in [-0.05, 0) is 39.2 Å². The van der Waals surface area contributed by atoms with Crippen LogP contribution in [0.15, 0.2) is 142 Å². The fourth-order valence-electron chi connectivity index (χ4n) is 7.25. The minimum absolute atomic E-state index is 0.214. The zero-order valence-electron chi connectivity index (χ0n) is 28.3. The van der Waals surface area contributed by atoms with Gasteiger partial charge in [0.1, 0.15) is 35.5 Å². The lowest BCUT2D eigenvalue weighted by molar-refractivity contribution is -0.340. The third kappa shape index (κ3) is 6.37. The lowest BCUT2D eigenvalue weighted by Gasteiger charge is -2.48. The van der Waals surface area contributed by atoms with Gasteiger partial charge in [0.15, 0.2) is 12.6 Å². The molecule has 0 aliphatic carbocycles. The molecule has 7 aromatic rings. The highest BCUT2D eigenvalue weighted by atomic mass is 31.1. The zero-order valence-corrected chi connectivity index (χ0v) is 29.2. The third-order valence-corrected chi connectivity index (χ3v) is 10.7. The zero-order chi connectivity index (χ0) is 35.0. The van der Waals surface area contributed by atoms with Crippen LogP contribution in [-0.2, 0) is 30.3 Å². The maximum absolute atomic E-state index is 12.8. The summed E-state index contributed by atoms with van der Waals surface area (Å²) in [6.45, 7) is 1.93. The molecule has 1 aromatic heterocycles. The Kier molecular flexibility index (Phi) is 8.98. The van der Waals surface area contributed by atoms with Crippen LogP contribution in [0.25, 0.3) is 43.5 Å². The quantitative estimate of drug-likeness (QED) is 0.175. The predicted octanol–water partition coefficient (Wildman–Crippen LogP) is 8.95. The summed E-state index contributed by atoms with van der Waals surface area (Å²) in [4.78, 5) is 12.8. The van der Waals surface area contributed by atoms with Crippen LogP contribution in [-0.4, -0.2) is 43.2 Å². The van der Waals surface area contributed by atoms with Crippen LogP contribution in [0, 0.1) is 0 Å². The van der Waals surface area contributed by atoms with Gasteiger partial charge in [-0.15, -0.1) is 0 Å². The summed E-state index contributed by atoms with van der Waals surface area (Å²) in [5, 5.41) is 9.15. The molecule has 2 aliphatic rings. The standard InChI is InChI=1S/C42H36NO8P/c1-26(44)43-38-40(39-35(25-46-41(48-39)30-16-6-3-7-17-30)47-42(38)45-24-27-12-4-2-5-13-27)51-52-49-33-22-20-28-14-8-10-18-31(28)36(33)37-32-19-11-9-15-29(32)21-23-34(37)50-52/h2-23,35,38-42H,24-25H2,1H3,(H,43,44)/t35-,38-,39-,40-,41?,42+/m1/s1. The number of carbonyl (C=O) groups is 1. The first-order chi connectivity index (χ1) is 25.6. The summed E-state index contributed by atoms with van der Waals surface area (Å²) in [6.07, 6.45) is -3.66. The summed E-state index contributed by atoms with van der Waals surface area (Å²) < 4.78 is 46.2. The van der Waals surface area contributed by atoms with E-state index in [0.29, 0.717) is 11.2 Å². The second-order valence-electron chi connectivity index (χ2n) is 13.0. The van der Waals surface area contributed by atoms with E-state index >= 15 is 0 Å². The highest BCUT2D eigenvalue weighted by Crippen LogP contribution is 2.43. The Labute approximate surface area is 300 Å². The van der Waals surface area contributed by atoms with E-state index in [0.717, 1.165) is 43.4 Å². The Hall–Kier alpha value is -4.99. The van der Waals surface area contributed by atoms with Crippen molar-refractivity contribution in [3.63, 3.8) is 0 Å². The van der Waals surface area contributed by atoms with Crippen molar-refractivity contribution in [3.05, 3.63) is 145 Å². The predicted molar refractivity (Wildman–Crippen MR) is 199 cm³/mol. The molecule has 2 fully saturated rings. The third-order valence-electron chi connectivity index (χ3n) is 9.62. The number of amides is 1. The molecule has 2 aliphatic heterocycles. The number of ether oxygens (including phenoxy) is 4. The number of rotatable bonds is 7. The maximum atomic E-state index is 12.8. The Balaban J connectivity index is 1.19. The summed E-state index contributed by atoms with van der Waals surface area (Å²) in [5.74, 6) is -0.273. The van der Waals surface area contributed by atoms with Gasteiger partial charge in [0.2, 0.25) is 5.91 Å². The minimum Gasteiger partial charge on any atom is -0.399 e. The molecule has 1 N–H and O–H groups in total. The van der Waals surface area contributed by atoms with E-state index < -0.39 is 45.2 Å². The van der Waals surface area contributed by atoms with Crippen molar-refractivity contribution in [1.82, 2.24) is 5.32 Å². The van der Waals surface area contributed by atoms with Gasteiger partial charge < -0.3 is 32.7 Å². The highest BCUT2D eigenvalue weighted by Gasteiger charge is 2.52. The van der Waals surface area contributed by atoms with Gasteiger partial charge in [-0.2, -0.15) is 0 Å². The molecule has 9 rings (SSSR count). The normalized spacial score (nSPS) is 23.1. The Morgan fingerprint density at radius 2 is 1.33 bits per heavy atom. The van der Waals surface area contributed by atoms with E-state index in [2.05, 4.69) is 29.6 Å². The second kappa shape index (κ2) is 14.2. The number of hydrogen-bond donors (Lipinski definition) is 1. The maximum Gasteiger partial charge on any atom is 0.387 e. The average Bonchev–Trinajstić information content (AvgIpc) is 3.35. The van der Waals surface area contributed by atoms with Gasteiger partial charge in [-0.1, -0.05) is 121 Å². The van der Waals surface area contributed by atoms with Crippen molar-refractivity contribution in [3.8, 4) is 0 Å². The van der Waals surface area contributed by atoms with E-state index in [-0.39, 0.29) is 19.1 Å². The van der Waals surface area contributed by atoms with Gasteiger partial charge in [0.25, 0.3) is 0 Å². The smallest absolute Gasteiger partial charge is 0.387 e. The summed E-state index contributed by atoms with van der Waals surface area (Å²) >= 11 is 0. The number of hydrogen-bond acceptors (Lipinski definition) is 8. The number of carbonyl (C=O) groups excluding carboxylic acids is 1. The average molecular weight is 714 g/mol. The van der Waals surface area contributed by atoms with Crippen LogP contribution >= 0.6 is 8.24 Å². The number of fused-ring (bicyclic) bond motifs is 8. The molecule has 0 saturated carbocycles. The fraction of sp³-hybridized carbons (Fsp3) is 0.214. The first-order valence-electron chi connectivity index (χ1n) is 17.4. The van der Waals surface area contributed by atoms with Gasteiger partial charge in [-0.25, -0.2) is 0 Å². The number of nitrogens with one attached hydrogen (secondary N) is 1. The van der Waals surface area contributed by atoms with Gasteiger partial charge in [0.05, 0.1) is 13.2 Å². The first kappa shape index (κ1) is 32.9. The van der Waals surface area contributed by atoms with Gasteiger partial charge in [0, 0.05) is 23.3 Å². The largest absolute Gasteiger partial charge is 0.399 e. The van der Waals surface area contributed by atoms with Crippen LogP contribution < -0.4 is 9.84 Å². The molecule has 6 atom stereocenters. The second-order valence-corrected chi connectivity index (χ2v) is 14.1. The minimum atomic E-state index is -2.11. The molecule has 1 unspecified atom stereocenters. The van der Waals surface area contributed by atoms with E-state index in [4.69, 9.17) is 31.9 Å².